The maximum absolute atomic E-state index is 6.07. The van der Waals surface area contributed by atoms with Crippen LogP contribution < -0.4 is 0 Å². The molecule has 0 atom stereocenters. The van der Waals surface area contributed by atoms with Gasteiger partial charge in [-0.3, -0.25) is 0 Å². The van der Waals surface area contributed by atoms with Gasteiger partial charge < -0.3 is 0 Å². The van der Waals surface area contributed by atoms with E-state index in [1.54, 1.807) is 11.3 Å². The summed E-state index contributed by atoms with van der Waals surface area (Å²) in [5.41, 5.74) is 0.889. The third-order valence-corrected chi connectivity index (χ3v) is 3.23. The summed E-state index contributed by atoms with van der Waals surface area (Å²) in [4.78, 5) is 8.79. The maximum atomic E-state index is 6.07. The molecule has 2 aromatic heterocycles. The first-order chi connectivity index (χ1) is 6.48. The van der Waals surface area contributed by atoms with E-state index in [0.717, 1.165) is 16.0 Å². The predicted molar refractivity (Wildman–Crippen MR) is 61.1 cm³/mol. The molecule has 0 aliphatic heterocycles. The molecular weight excluding hydrogens is 216 g/mol. The smallest absolute Gasteiger partial charge is 0.150 e. The van der Waals surface area contributed by atoms with Gasteiger partial charge in [-0.2, -0.15) is 0 Å². The summed E-state index contributed by atoms with van der Waals surface area (Å²) in [5.74, 6) is 0.799. The summed E-state index contributed by atoms with van der Waals surface area (Å²) in [6.07, 6.45) is 0. The normalized spacial score (nSPS) is 12.3. The Balaban J connectivity index is 2.70. The fourth-order valence-electron chi connectivity index (χ4n) is 1.16. The molecule has 0 aliphatic carbocycles. The Morgan fingerprint density at radius 3 is 2.64 bits per heavy atom. The van der Waals surface area contributed by atoms with Gasteiger partial charge in [-0.05, 0) is 11.4 Å². The summed E-state index contributed by atoms with van der Waals surface area (Å²) in [6, 6.07) is 1.98. The highest BCUT2D eigenvalue weighted by Crippen LogP contribution is 2.29. The van der Waals surface area contributed by atoms with E-state index in [9.17, 15) is 0 Å². The minimum absolute atomic E-state index is 0.0558. The summed E-state index contributed by atoms with van der Waals surface area (Å²) >= 11 is 7.65. The third-order valence-electron chi connectivity index (χ3n) is 1.93. The van der Waals surface area contributed by atoms with E-state index in [1.165, 1.54) is 0 Å². The average molecular weight is 227 g/mol. The van der Waals surface area contributed by atoms with E-state index in [4.69, 9.17) is 11.6 Å². The SMILES string of the molecule is CC(C)(C)c1nc(Cl)c2sccc2n1. The van der Waals surface area contributed by atoms with Gasteiger partial charge in [-0.25, -0.2) is 9.97 Å². The van der Waals surface area contributed by atoms with E-state index in [0.29, 0.717) is 5.15 Å². The minimum atomic E-state index is -0.0558. The number of aromatic nitrogens is 2. The predicted octanol–water partition coefficient (Wildman–Crippen LogP) is 3.64. The van der Waals surface area contributed by atoms with Gasteiger partial charge in [0.2, 0.25) is 0 Å². The monoisotopic (exact) mass is 226 g/mol. The summed E-state index contributed by atoms with van der Waals surface area (Å²) in [7, 11) is 0. The number of rotatable bonds is 0. The summed E-state index contributed by atoms with van der Waals surface area (Å²) in [6.45, 7) is 6.24. The molecule has 0 saturated heterocycles. The molecule has 14 heavy (non-hydrogen) atoms. The Kier molecular flexibility index (Phi) is 2.24. The van der Waals surface area contributed by atoms with E-state index in [-0.39, 0.29) is 5.41 Å². The average Bonchev–Trinajstić information content (AvgIpc) is 2.50. The van der Waals surface area contributed by atoms with Gasteiger partial charge in [0.1, 0.15) is 5.82 Å². The van der Waals surface area contributed by atoms with Crippen LogP contribution in [-0.4, -0.2) is 9.97 Å². The van der Waals surface area contributed by atoms with Crippen molar-refractivity contribution in [3.8, 4) is 0 Å². The van der Waals surface area contributed by atoms with Gasteiger partial charge in [0.05, 0.1) is 10.2 Å². The van der Waals surface area contributed by atoms with E-state index < -0.39 is 0 Å². The lowest BCUT2D eigenvalue weighted by Crippen LogP contribution is -2.15. The molecule has 0 saturated carbocycles. The number of thiophene rings is 1. The molecule has 4 heteroatoms. The largest absolute Gasteiger partial charge is 0.231 e. The van der Waals surface area contributed by atoms with Gasteiger partial charge in [0.25, 0.3) is 0 Å². The fourth-order valence-corrected chi connectivity index (χ4v) is 2.18. The Morgan fingerprint density at radius 1 is 1.29 bits per heavy atom. The van der Waals surface area contributed by atoms with Crippen molar-refractivity contribution in [2.75, 3.05) is 0 Å². The van der Waals surface area contributed by atoms with Crippen LogP contribution in [-0.2, 0) is 5.41 Å². The van der Waals surface area contributed by atoms with Crippen molar-refractivity contribution in [1.82, 2.24) is 9.97 Å². The highest BCUT2D eigenvalue weighted by Gasteiger charge is 2.19. The molecule has 0 N–H and O–H groups in total. The lowest BCUT2D eigenvalue weighted by molar-refractivity contribution is 0.548. The molecule has 0 amide bonds. The standard InChI is InChI=1S/C10H11ClN2S/c1-10(2,3)9-12-6-4-5-14-7(6)8(11)13-9/h4-5H,1-3H3. The van der Waals surface area contributed by atoms with Crippen LogP contribution in [0.3, 0.4) is 0 Å². The van der Waals surface area contributed by atoms with Crippen molar-refractivity contribution in [2.24, 2.45) is 0 Å². The summed E-state index contributed by atoms with van der Waals surface area (Å²) < 4.78 is 0.972. The maximum Gasteiger partial charge on any atom is 0.150 e. The van der Waals surface area contributed by atoms with Crippen molar-refractivity contribution < 1.29 is 0 Å². The first-order valence-corrected chi connectivity index (χ1v) is 5.65. The molecule has 0 bridgehead atoms. The van der Waals surface area contributed by atoms with Gasteiger partial charge in [-0.1, -0.05) is 32.4 Å². The first kappa shape index (κ1) is 9.87. The second kappa shape index (κ2) is 3.17. The second-order valence-corrected chi connectivity index (χ2v) is 5.50. The molecule has 0 fully saturated rings. The van der Waals surface area contributed by atoms with E-state index in [1.807, 2.05) is 11.4 Å². The number of hydrogen-bond acceptors (Lipinski definition) is 3. The Bertz CT molecular complexity index is 470. The number of halogens is 1. The molecule has 2 nitrogen and oxygen atoms in total. The zero-order valence-corrected chi connectivity index (χ0v) is 9.91. The van der Waals surface area contributed by atoms with Crippen molar-refractivity contribution in [3.63, 3.8) is 0 Å². The third kappa shape index (κ3) is 1.62. The Hall–Kier alpha value is -0.670. The van der Waals surface area contributed by atoms with Crippen LogP contribution in [0.25, 0.3) is 10.2 Å². The highest BCUT2D eigenvalue weighted by atomic mass is 35.5. The quantitative estimate of drug-likeness (QED) is 0.641. The zero-order chi connectivity index (χ0) is 10.3. The lowest BCUT2D eigenvalue weighted by Gasteiger charge is -2.16. The zero-order valence-electron chi connectivity index (χ0n) is 8.34. The van der Waals surface area contributed by atoms with Crippen LogP contribution in [0, 0.1) is 0 Å². The molecular formula is C10H11ClN2S. The number of nitrogens with zero attached hydrogens (tertiary/aromatic N) is 2. The van der Waals surface area contributed by atoms with Crippen molar-refractivity contribution in [2.45, 2.75) is 26.2 Å². The molecule has 0 aliphatic rings. The molecule has 0 aromatic carbocycles. The van der Waals surface area contributed by atoms with Gasteiger partial charge in [0, 0.05) is 5.41 Å². The number of fused-ring (bicyclic) bond motifs is 1. The van der Waals surface area contributed by atoms with Gasteiger partial charge in [0.15, 0.2) is 5.15 Å². The van der Waals surface area contributed by atoms with Gasteiger partial charge in [-0.15, -0.1) is 11.3 Å². The van der Waals surface area contributed by atoms with Crippen molar-refractivity contribution >= 4 is 33.2 Å². The molecule has 74 valence electrons. The van der Waals surface area contributed by atoms with Crippen molar-refractivity contribution in [1.29, 1.82) is 0 Å². The van der Waals surface area contributed by atoms with Crippen LogP contribution in [0.5, 0.6) is 0 Å². The summed E-state index contributed by atoms with van der Waals surface area (Å²) in [5, 5.41) is 2.55. The molecule has 0 unspecified atom stereocenters. The van der Waals surface area contributed by atoms with Crippen LogP contribution in [0.1, 0.15) is 26.6 Å². The molecule has 0 radical (unpaired) electrons. The second-order valence-electron chi connectivity index (χ2n) is 4.22. The lowest BCUT2D eigenvalue weighted by atomic mass is 9.96. The topological polar surface area (TPSA) is 25.8 Å². The first-order valence-electron chi connectivity index (χ1n) is 4.40. The molecule has 0 spiro atoms. The van der Waals surface area contributed by atoms with Crippen molar-refractivity contribution in [3.05, 3.63) is 22.4 Å². The molecule has 2 aromatic rings. The molecule has 2 heterocycles. The van der Waals surface area contributed by atoms with E-state index >= 15 is 0 Å². The van der Waals surface area contributed by atoms with Gasteiger partial charge >= 0.3 is 0 Å². The van der Waals surface area contributed by atoms with Crippen LogP contribution in [0.2, 0.25) is 5.15 Å². The Labute approximate surface area is 92.0 Å². The number of hydrogen-bond donors (Lipinski definition) is 0. The fraction of sp³-hybridized carbons (Fsp3) is 0.400. The van der Waals surface area contributed by atoms with Crippen LogP contribution in [0.4, 0.5) is 0 Å². The highest BCUT2D eigenvalue weighted by molar-refractivity contribution is 7.17. The van der Waals surface area contributed by atoms with E-state index in [2.05, 4.69) is 30.7 Å². The minimum Gasteiger partial charge on any atom is -0.231 e. The van der Waals surface area contributed by atoms with Crippen LogP contribution >= 0.6 is 22.9 Å². The molecule has 2 rings (SSSR count). The van der Waals surface area contributed by atoms with Crippen LogP contribution in [0.15, 0.2) is 11.4 Å². The Morgan fingerprint density at radius 2 is 2.00 bits per heavy atom.